The molecule has 0 aliphatic rings. The van der Waals surface area contributed by atoms with Crippen molar-refractivity contribution in [2.75, 3.05) is 11.5 Å². The van der Waals surface area contributed by atoms with Crippen LogP contribution in [0, 0.1) is 0 Å². The zero-order valence-corrected chi connectivity index (χ0v) is 13.8. The number of halogens is 6. The van der Waals surface area contributed by atoms with Gasteiger partial charge in [-0.2, -0.15) is 26.3 Å². The molecular weight excluding hydrogens is 434 g/mol. The van der Waals surface area contributed by atoms with Crippen LogP contribution in [-0.2, 0) is 19.2 Å². The monoisotopic (exact) mass is 448 g/mol. The first-order valence-electron chi connectivity index (χ1n) is 6.11. The highest BCUT2D eigenvalue weighted by Crippen LogP contribution is 2.24. The Bertz CT molecular complexity index is 508. The van der Waals surface area contributed by atoms with Crippen molar-refractivity contribution >= 4 is 45.3 Å². The summed E-state index contributed by atoms with van der Waals surface area (Å²) >= 11 is 0. The SMILES string of the molecule is C.O=C(O)[C@H](CSSC[C@H](NC(=O)C(F)(F)F)C(=O)O)NC(=O)C(F)(F)F. The minimum absolute atomic E-state index is 0. The quantitative estimate of drug-likeness (QED) is 0.236. The largest absolute Gasteiger partial charge is 0.480 e. The van der Waals surface area contributed by atoms with Gasteiger partial charge in [-0.05, 0) is 0 Å². The number of rotatable bonds is 9. The highest BCUT2D eigenvalue weighted by molar-refractivity contribution is 8.76. The van der Waals surface area contributed by atoms with Crippen LogP contribution in [0.1, 0.15) is 7.43 Å². The van der Waals surface area contributed by atoms with Gasteiger partial charge in [-0.1, -0.05) is 29.0 Å². The molecule has 0 aromatic rings. The summed E-state index contributed by atoms with van der Waals surface area (Å²) in [7, 11) is 0.961. The van der Waals surface area contributed by atoms with Gasteiger partial charge in [0.15, 0.2) is 0 Å². The second-order valence-corrected chi connectivity index (χ2v) is 6.85. The van der Waals surface area contributed by atoms with Crippen LogP contribution in [0.4, 0.5) is 26.3 Å². The average Bonchev–Trinajstić information content (AvgIpc) is 2.45. The molecule has 0 aliphatic heterocycles. The van der Waals surface area contributed by atoms with E-state index >= 15 is 0 Å². The molecule has 2 amide bonds. The van der Waals surface area contributed by atoms with Gasteiger partial charge in [0.1, 0.15) is 12.1 Å². The predicted molar refractivity (Wildman–Crippen MR) is 82.9 cm³/mol. The van der Waals surface area contributed by atoms with E-state index in [0.29, 0.717) is 21.6 Å². The number of carboxylic acid groups (broad SMARTS) is 2. The van der Waals surface area contributed by atoms with Gasteiger partial charge in [-0.25, -0.2) is 9.59 Å². The fourth-order valence-corrected chi connectivity index (χ4v) is 3.37. The number of aliphatic carboxylic acids is 2. The van der Waals surface area contributed by atoms with Crippen LogP contribution in [0.25, 0.3) is 0 Å². The molecule has 0 spiro atoms. The zero-order chi connectivity index (χ0) is 20.7. The number of amides is 2. The van der Waals surface area contributed by atoms with Crippen LogP contribution in [0.15, 0.2) is 0 Å². The standard InChI is InChI=1S/C10H10F6N2O6S2.CH4/c11-9(12,13)7(23)17-3(5(19)20)1-25-26-2-4(6(21)22)18-8(24)10(14,15)16;/h3-4H,1-2H2,(H,17,23)(H,18,24)(H,19,20)(H,21,22);1H4/t3-,4-;/m0./s1. The van der Waals surface area contributed by atoms with Crippen molar-refractivity contribution in [2.45, 2.75) is 31.9 Å². The number of alkyl halides is 6. The third-order valence-corrected chi connectivity index (χ3v) is 4.70. The first-order chi connectivity index (χ1) is 11.7. The maximum Gasteiger partial charge on any atom is 0.471 e. The summed E-state index contributed by atoms with van der Waals surface area (Å²) in [6.07, 6.45) is -10.6. The van der Waals surface area contributed by atoms with Crippen molar-refractivity contribution in [2.24, 2.45) is 0 Å². The van der Waals surface area contributed by atoms with Crippen LogP contribution in [0.5, 0.6) is 0 Å². The molecule has 0 heterocycles. The van der Waals surface area contributed by atoms with E-state index in [-0.39, 0.29) is 7.43 Å². The summed E-state index contributed by atoms with van der Waals surface area (Å²) in [4.78, 5) is 42.9. The molecule has 0 bridgehead atoms. The number of carboxylic acids is 2. The lowest BCUT2D eigenvalue weighted by Crippen LogP contribution is -2.48. The van der Waals surface area contributed by atoms with E-state index in [2.05, 4.69) is 0 Å². The zero-order valence-electron chi connectivity index (χ0n) is 12.2. The van der Waals surface area contributed by atoms with Crippen LogP contribution in [0.2, 0.25) is 0 Å². The molecule has 0 aliphatic carbocycles. The molecule has 0 saturated heterocycles. The first-order valence-corrected chi connectivity index (χ1v) is 8.60. The van der Waals surface area contributed by atoms with Crippen molar-refractivity contribution in [1.82, 2.24) is 10.6 Å². The Morgan fingerprint density at radius 1 is 0.741 bits per heavy atom. The molecule has 4 N–H and O–H groups in total. The normalized spacial score (nSPS) is 13.7. The molecule has 0 rings (SSSR count). The maximum absolute atomic E-state index is 12.1. The Labute approximate surface area is 155 Å². The van der Waals surface area contributed by atoms with E-state index in [1.165, 1.54) is 10.6 Å². The summed E-state index contributed by atoms with van der Waals surface area (Å²) in [5.41, 5.74) is 0. The van der Waals surface area contributed by atoms with Gasteiger partial charge in [-0.15, -0.1) is 0 Å². The summed E-state index contributed by atoms with van der Waals surface area (Å²) < 4.78 is 72.4. The van der Waals surface area contributed by atoms with Crippen LogP contribution < -0.4 is 10.6 Å². The minimum Gasteiger partial charge on any atom is -0.480 e. The van der Waals surface area contributed by atoms with Gasteiger partial charge in [0.05, 0.1) is 0 Å². The Kier molecular flexibility index (Phi) is 11.3. The Balaban J connectivity index is 0. The van der Waals surface area contributed by atoms with Crippen molar-refractivity contribution in [3.05, 3.63) is 0 Å². The lowest BCUT2D eigenvalue weighted by atomic mass is 10.3. The third-order valence-electron chi connectivity index (χ3n) is 2.27. The van der Waals surface area contributed by atoms with Crippen molar-refractivity contribution in [3.63, 3.8) is 0 Å². The molecule has 16 heteroatoms. The molecule has 158 valence electrons. The average molecular weight is 448 g/mol. The van der Waals surface area contributed by atoms with E-state index in [0.717, 1.165) is 0 Å². The lowest BCUT2D eigenvalue weighted by molar-refractivity contribution is -0.175. The van der Waals surface area contributed by atoms with E-state index in [1.807, 2.05) is 0 Å². The van der Waals surface area contributed by atoms with Gasteiger partial charge < -0.3 is 20.8 Å². The predicted octanol–water partition coefficient (Wildman–Crippen LogP) is 1.27. The smallest absolute Gasteiger partial charge is 0.471 e. The number of hydrogen-bond acceptors (Lipinski definition) is 6. The number of carbonyl (C=O) groups is 4. The Morgan fingerprint density at radius 3 is 1.19 bits per heavy atom. The first kappa shape index (κ1) is 27.4. The second-order valence-electron chi connectivity index (χ2n) is 4.29. The molecule has 0 aromatic heterocycles. The van der Waals surface area contributed by atoms with E-state index in [9.17, 15) is 45.5 Å². The summed E-state index contributed by atoms with van der Waals surface area (Å²) in [5.74, 6) is -9.93. The van der Waals surface area contributed by atoms with Crippen LogP contribution >= 0.6 is 21.6 Å². The summed E-state index contributed by atoms with van der Waals surface area (Å²) in [6, 6.07) is -3.95. The van der Waals surface area contributed by atoms with Gasteiger partial charge in [0.25, 0.3) is 0 Å². The number of carbonyl (C=O) groups excluding carboxylic acids is 2. The Morgan fingerprint density at radius 2 is 1.00 bits per heavy atom. The minimum atomic E-state index is -5.32. The fourth-order valence-electron chi connectivity index (χ4n) is 1.06. The van der Waals surface area contributed by atoms with Crippen molar-refractivity contribution in [3.8, 4) is 0 Å². The summed E-state index contributed by atoms with van der Waals surface area (Å²) in [5, 5.41) is 19.8. The lowest BCUT2D eigenvalue weighted by Gasteiger charge is -2.17. The Hall–Kier alpha value is -1.84. The van der Waals surface area contributed by atoms with Gasteiger partial charge in [0, 0.05) is 11.5 Å². The number of nitrogens with one attached hydrogen (secondary N) is 2. The molecule has 0 aromatic carbocycles. The highest BCUT2D eigenvalue weighted by atomic mass is 33.1. The fraction of sp³-hybridized carbons (Fsp3) is 0.636. The molecule has 27 heavy (non-hydrogen) atoms. The second kappa shape index (κ2) is 11.1. The van der Waals surface area contributed by atoms with Gasteiger partial charge in [-0.3, -0.25) is 9.59 Å². The summed E-state index contributed by atoms with van der Waals surface area (Å²) in [6.45, 7) is 0. The highest BCUT2D eigenvalue weighted by Gasteiger charge is 2.42. The van der Waals surface area contributed by atoms with Crippen molar-refractivity contribution < 1.29 is 55.7 Å². The van der Waals surface area contributed by atoms with E-state index < -0.39 is 59.7 Å². The van der Waals surface area contributed by atoms with Crippen LogP contribution in [0.3, 0.4) is 0 Å². The van der Waals surface area contributed by atoms with E-state index in [4.69, 9.17) is 10.2 Å². The third kappa shape index (κ3) is 10.8. The van der Waals surface area contributed by atoms with Gasteiger partial charge >= 0.3 is 36.1 Å². The van der Waals surface area contributed by atoms with E-state index in [1.54, 1.807) is 0 Å². The molecule has 0 fully saturated rings. The van der Waals surface area contributed by atoms with Gasteiger partial charge in [0.2, 0.25) is 0 Å². The topological polar surface area (TPSA) is 133 Å². The number of hydrogen-bond donors (Lipinski definition) is 4. The van der Waals surface area contributed by atoms with Crippen LogP contribution in [-0.4, -0.2) is 69.9 Å². The van der Waals surface area contributed by atoms with Crippen molar-refractivity contribution in [1.29, 1.82) is 0 Å². The molecule has 0 unspecified atom stereocenters. The molecule has 0 saturated carbocycles. The molecule has 2 atom stereocenters. The maximum atomic E-state index is 12.1. The molecule has 8 nitrogen and oxygen atoms in total. The molecular formula is C11H14F6N2O6S2. The molecule has 0 radical (unpaired) electrons.